The number of piperidine rings is 1. The highest BCUT2D eigenvalue weighted by Gasteiger charge is 2.44. The van der Waals surface area contributed by atoms with Crippen LogP contribution in [0.1, 0.15) is 34.6 Å². The number of cyclic esters (lactones) is 1. The fourth-order valence-electron chi connectivity index (χ4n) is 4.04. The molecule has 4 rings (SSSR count). The van der Waals surface area contributed by atoms with Crippen LogP contribution in [0.5, 0.6) is 0 Å². The van der Waals surface area contributed by atoms with E-state index in [0.717, 1.165) is 11.4 Å². The smallest absolute Gasteiger partial charge is 0.410 e. The van der Waals surface area contributed by atoms with Crippen molar-refractivity contribution >= 4 is 23.6 Å². The van der Waals surface area contributed by atoms with E-state index in [9.17, 15) is 14.4 Å². The van der Waals surface area contributed by atoms with Gasteiger partial charge >= 0.3 is 12.1 Å². The van der Waals surface area contributed by atoms with Gasteiger partial charge in [-0.3, -0.25) is 9.69 Å². The van der Waals surface area contributed by atoms with Crippen molar-refractivity contribution in [1.29, 1.82) is 0 Å². The quantitative estimate of drug-likeness (QED) is 0.705. The Labute approximate surface area is 167 Å². The third-order valence-corrected chi connectivity index (χ3v) is 5.61. The lowest BCUT2D eigenvalue weighted by Gasteiger charge is -2.37. The number of rotatable bonds is 3. The summed E-state index contributed by atoms with van der Waals surface area (Å²) in [7, 11) is 1.29. The number of aromatic nitrogens is 3. The maximum atomic E-state index is 13.0. The number of hydrogen-bond donors (Lipinski definition) is 0. The SMILES string of the molecule is COC(=O)C1COC(=O)N1C1CCN(C(=O)c2cnc3cc(C)nn3c2C)CC1. The van der Waals surface area contributed by atoms with Crippen LogP contribution in [0.15, 0.2) is 12.3 Å². The molecular formula is C19H23N5O5. The second kappa shape index (κ2) is 7.34. The molecule has 2 aromatic heterocycles. The molecular weight excluding hydrogens is 378 g/mol. The van der Waals surface area contributed by atoms with Crippen molar-refractivity contribution in [2.75, 3.05) is 26.8 Å². The first-order valence-corrected chi connectivity index (χ1v) is 9.55. The Morgan fingerprint density at radius 3 is 2.66 bits per heavy atom. The summed E-state index contributed by atoms with van der Waals surface area (Å²) in [6.45, 7) is 4.67. The number of hydrogen-bond acceptors (Lipinski definition) is 7. The fourth-order valence-corrected chi connectivity index (χ4v) is 4.04. The van der Waals surface area contributed by atoms with Crippen molar-refractivity contribution in [2.24, 2.45) is 0 Å². The summed E-state index contributed by atoms with van der Waals surface area (Å²) in [4.78, 5) is 44.6. The van der Waals surface area contributed by atoms with Crippen molar-refractivity contribution in [3.8, 4) is 0 Å². The number of carbonyl (C=O) groups excluding carboxylic acids is 3. The van der Waals surface area contributed by atoms with E-state index in [-0.39, 0.29) is 18.6 Å². The molecule has 2 aliphatic heterocycles. The molecule has 0 aromatic carbocycles. The van der Waals surface area contributed by atoms with Gasteiger partial charge in [0.1, 0.15) is 6.61 Å². The topological polar surface area (TPSA) is 106 Å². The van der Waals surface area contributed by atoms with Gasteiger partial charge in [-0.15, -0.1) is 0 Å². The molecule has 10 nitrogen and oxygen atoms in total. The number of methoxy groups -OCH3 is 1. The van der Waals surface area contributed by atoms with Crippen LogP contribution in [0.3, 0.4) is 0 Å². The molecule has 2 saturated heterocycles. The Kier molecular flexibility index (Phi) is 4.85. The van der Waals surface area contributed by atoms with Gasteiger partial charge in [-0.25, -0.2) is 19.1 Å². The lowest BCUT2D eigenvalue weighted by molar-refractivity contribution is -0.145. The molecule has 0 N–H and O–H groups in total. The van der Waals surface area contributed by atoms with E-state index in [1.165, 1.54) is 12.0 Å². The van der Waals surface area contributed by atoms with Gasteiger partial charge in [-0.1, -0.05) is 0 Å². The van der Waals surface area contributed by atoms with Crippen LogP contribution in [-0.2, 0) is 14.3 Å². The third-order valence-electron chi connectivity index (χ3n) is 5.61. The molecule has 2 aromatic rings. The van der Waals surface area contributed by atoms with Gasteiger partial charge in [-0.05, 0) is 26.7 Å². The Morgan fingerprint density at radius 1 is 1.24 bits per heavy atom. The van der Waals surface area contributed by atoms with Crippen LogP contribution < -0.4 is 0 Å². The average molecular weight is 401 g/mol. The highest BCUT2D eigenvalue weighted by molar-refractivity contribution is 5.95. The first-order valence-electron chi connectivity index (χ1n) is 9.55. The minimum absolute atomic E-state index is 0.00117. The van der Waals surface area contributed by atoms with Gasteiger partial charge in [-0.2, -0.15) is 5.10 Å². The number of likely N-dealkylation sites (tertiary alicyclic amines) is 1. The predicted molar refractivity (Wildman–Crippen MR) is 100 cm³/mol. The summed E-state index contributed by atoms with van der Waals surface area (Å²) in [5.41, 5.74) is 2.79. The molecule has 2 amide bonds. The van der Waals surface area contributed by atoms with Gasteiger partial charge in [0.2, 0.25) is 0 Å². The van der Waals surface area contributed by atoms with E-state index >= 15 is 0 Å². The van der Waals surface area contributed by atoms with Crippen LogP contribution in [0.4, 0.5) is 4.79 Å². The highest BCUT2D eigenvalue weighted by Crippen LogP contribution is 2.25. The summed E-state index contributed by atoms with van der Waals surface area (Å²) < 4.78 is 11.5. The average Bonchev–Trinajstić information content (AvgIpc) is 3.30. The molecule has 0 bridgehead atoms. The van der Waals surface area contributed by atoms with E-state index in [1.807, 2.05) is 19.9 Å². The maximum absolute atomic E-state index is 13.0. The van der Waals surface area contributed by atoms with Gasteiger partial charge in [0, 0.05) is 31.4 Å². The first-order chi connectivity index (χ1) is 13.9. The molecule has 2 fully saturated rings. The van der Waals surface area contributed by atoms with Crippen LogP contribution >= 0.6 is 0 Å². The highest BCUT2D eigenvalue weighted by atomic mass is 16.6. The third kappa shape index (κ3) is 3.28. The van der Waals surface area contributed by atoms with Gasteiger partial charge < -0.3 is 14.4 Å². The Bertz CT molecular complexity index is 979. The molecule has 0 saturated carbocycles. The van der Waals surface area contributed by atoms with Crippen molar-refractivity contribution in [2.45, 2.75) is 38.8 Å². The molecule has 0 aliphatic carbocycles. The molecule has 0 radical (unpaired) electrons. The molecule has 1 atom stereocenters. The Hall–Kier alpha value is -3.17. The minimum Gasteiger partial charge on any atom is -0.467 e. The van der Waals surface area contributed by atoms with Crippen molar-refractivity contribution in [3.63, 3.8) is 0 Å². The number of fused-ring (bicyclic) bond motifs is 1. The van der Waals surface area contributed by atoms with Crippen molar-refractivity contribution < 1.29 is 23.9 Å². The molecule has 2 aliphatic rings. The molecule has 4 heterocycles. The van der Waals surface area contributed by atoms with Crippen molar-refractivity contribution in [3.05, 3.63) is 29.2 Å². The number of aryl methyl sites for hydroxylation is 2. The second-order valence-corrected chi connectivity index (χ2v) is 7.36. The second-order valence-electron chi connectivity index (χ2n) is 7.36. The Morgan fingerprint density at radius 2 is 1.97 bits per heavy atom. The zero-order valence-corrected chi connectivity index (χ0v) is 16.6. The number of amides is 2. The van der Waals surface area contributed by atoms with E-state index in [2.05, 4.69) is 10.1 Å². The zero-order chi connectivity index (χ0) is 20.7. The first kappa shape index (κ1) is 19.2. The van der Waals surface area contributed by atoms with Gasteiger partial charge in [0.05, 0.1) is 24.1 Å². The summed E-state index contributed by atoms with van der Waals surface area (Å²) in [6, 6.07) is 0.963. The van der Waals surface area contributed by atoms with E-state index in [0.29, 0.717) is 37.1 Å². The number of ether oxygens (including phenoxy) is 2. The standard InChI is InChI=1S/C19H23N5O5/c1-11-8-16-20-9-14(12(2)24(16)21-11)17(25)22-6-4-13(5-7-22)23-15(18(26)28-3)10-29-19(23)27/h8-9,13,15H,4-7,10H2,1-3H3. The lowest BCUT2D eigenvalue weighted by atomic mass is 10.0. The van der Waals surface area contributed by atoms with Gasteiger partial charge in [0.15, 0.2) is 11.7 Å². The summed E-state index contributed by atoms with van der Waals surface area (Å²) in [6.07, 6.45) is 2.20. The molecule has 29 heavy (non-hydrogen) atoms. The molecule has 0 spiro atoms. The maximum Gasteiger partial charge on any atom is 0.410 e. The summed E-state index contributed by atoms with van der Waals surface area (Å²) in [5.74, 6) is -0.601. The van der Waals surface area contributed by atoms with Crippen LogP contribution in [-0.4, -0.2) is 81.3 Å². The van der Waals surface area contributed by atoms with Crippen LogP contribution in [0.2, 0.25) is 0 Å². The zero-order valence-electron chi connectivity index (χ0n) is 16.6. The molecule has 10 heteroatoms. The van der Waals surface area contributed by atoms with Crippen LogP contribution in [0, 0.1) is 13.8 Å². The largest absolute Gasteiger partial charge is 0.467 e. The van der Waals surface area contributed by atoms with Gasteiger partial charge in [0.25, 0.3) is 5.91 Å². The van der Waals surface area contributed by atoms with Crippen LogP contribution in [0.25, 0.3) is 5.65 Å². The predicted octanol–water partition coefficient (Wildman–Crippen LogP) is 0.945. The van der Waals surface area contributed by atoms with Crippen molar-refractivity contribution in [1.82, 2.24) is 24.4 Å². The summed E-state index contributed by atoms with van der Waals surface area (Å²) >= 11 is 0. The molecule has 1 unspecified atom stereocenters. The van der Waals surface area contributed by atoms with E-state index in [4.69, 9.17) is 9.47 Å². The molecule has 154 valence electrons. The van der Waals surface area contributed by atoms with E-state index < -0.39 is 18.1 Å². The van der Waals surface area contributed by atoms with E-state index in [1.54, 1.807) is 15.6 Å². The number of carbonyl (C=O) groups is 3. The number of esters is 1. The minimum atomic E-state index is -0.725. The summed E-state index contributed by atoms with van der Waals surface area (Å²) in [5, 5.41) is 4.39. The normalized spacial score (nSPS) is 20.2. The monoisotopic (exact) mass is 401 g/mol. The lowest BCUT2D eigenvalue weighted by Crippen LogP contribution is -2.52. The Balaban J connectivity index is 1.47. The fraction of sp³-hybridized carbons (Fsp3) is 0.526. The number of nitrogens with zero attached hydrogens (tertiary/aromatic N) is 5.